The van der Waals surface area contributed by atoms with E-state index in [1.165, 1.54) is 18.2 Å². The van der Waals surface area contributed by atoms with Crippen LogP contribution in [0, 0.1) is 23.0 Å². The zero-order valence-corrected chi connectivity index (χ0v) is 10.4. The van der Waals surface area contributed by atoms with Crippen molar-refractivity contribution in [1.82, 2.24) is 0 Å². The van der Waals surface area contributed by atoms with E-state index in [1.54, 1.807) is 12.1 Å². The van der Waals surface area contributed by atoms with Crippen LogP contribution in [0.15, 0.2) is 36.4 Å². The van der Waals surface area contributed by atoms with Gasteiger partial charge in [-0.25, -0.2) is 13.7 Å². The van der Waals surface area contributed by atoms with E-state index in [4.69, 9.17) is 5.26 Å². The molecule has 1 aliphatic heterocycles. The summed E-state index contributed by atoms with van der Waals surface area (Å²) >= 11 is 0. The molecule has 6 heteroatoms. The molecule has 0 unspecified atom stereocenters. The van der Waals surface area contributed by atoms with Gasteiger partial charge in [0.1, 0.15) is 17.7 Å². The number of rotatable bonds is 1. The zero-order chi connectivity index (χ0) is 15.1. The first-order valence-electron chi connectivity index (χ1n) is 5.91. The van der Waals surface area contributed by atoms with E-state index in [0.29, 0.717) is 17.0 Å². The quantitative estimate of drug-likeness (QED) is 0.756. The molecule has 0 aromatic heterocycles. The van der Waals surface area contributed by atoms with Crippen LogP contribution in [0.25, 0.3) is 0 Å². The number of halogens is 2. The van der Waals surface area contributed by atoms with Gasteiger partial charge in [0.2, 0.25) is 0 Å². The lowest BCUT2D eigenvalue weighted by atomic mass is 10.1. The Morgan fingerprint density at radius 2 is 1.52 bits per heavy atom. The normalized spacial score (nSPS) is 13.3. The molecule has 0 saturated carbocycles. The molecule has 0 saturated heterocycles. The lowest BCUT2D eigenvalue weighted by Crippen LogP contribution is -2.30. The number of nitriles is 1. The summed E-state index contributed by atoms with van der Waals surface area (Å²) in [5.41, 5.74) is -0.733. The van der Waals surface area contributed by atoms with Crippen molar-refractivity contribution in [3.8, 4) is 6.07 Å². The van der Waals surface area contributed by atoms with E-state index in [0.717, 1.165) is 0 Å². The number of amides is 2. The summed E-state index contributed by atoms with van der Waals surface area (Å²) in [6.45, 7) is 0. The highest BCUT2D eigenvalue weighted by atomic mass is 19.1. The van der Waals surface area contributed by atoms with Gasteiger partial charge in [0.15, 0.2) is 0 Å². The van der Waals surface area contributed by atoms with Crippen molar-refractivity contribution in [2.45, 2.75) is 0 Å². The minimum Gasteiger partial charge on any atom is -0.268 e. The van der Waals surface area contributed by atoms with Crippen LogP contribution in [-0.4, -0.2) is 11.8 Å². The van der Waals surface area contributed by atoms with Crippen molar-refractivity contribution in [3.63, 3.8) is 0 Å². The van der Waals surface area contributed by atoms with Gasteiger partial charge in [0, 0.05) is 6.07 Å². The number of carbonyl (C=O) groups excluding carboxylic acids is 2. The van der Waals surface area contributed by atoms with Crippen LogP contribution in [0.5, 0.6) is 0 Å². The second kappa shape index (κ2) is 4.49. The molecule has 102 valence electrons. The molecule has 0 bridgehead atoms. The Kier molecular flexibility index (Phi) is 2.77. The number of nitrogens with zero attached hydrogens (tertiary/aromatic N) is 2. The molecule has 1 aliphatic rings. The predicted molar refractivity (Wildman–Crippen MR) is 68.7 cm³/mol. The predicted octanol–water partition coefficient (Wildman–Crippen LogP) is 2.64. The van der Waals surface area contributed by atoms with E-state index in [2.05, 4.69) is 0 Å². The van der Waals surface area contributed by atoms with Crippen LogP contribution in [-0.2, 0) is 0 Å². The standard InChI is InChI=1S/C15H6F2N2O2/c16-11-6-13(12(17)5-8(11)7-18)19-14(20)9-3-1-2-4-10(9)15(19)21/h1-6H. The summed E-state index contributed by atoms with van der Waals surface area (Å²) in [5, 5.41) is 8.64. The van der Waals surface area contributed by atoms with E-state index >= 15 is 0 Å². The Labute approximate surface area is 117 Å². The van der Waals surface area contributed by atoms with E-state index in [-0.39, 0.29) is 11.1 Å². The first-order chi connectivity index (χ1) is 10.0. The minimum atomic E-state index is -1.01. The summed E-state index contributed by atoms with van der Waals surface area (Å²) in [5.74, 6) is -3.45. The molecule has 3 rings (SSSR count). The molecular formula is C15H6F2N2O2. The van der Waals surface area contributed by atoms with Crippen molar-refractivity contribution >= 4 is 17.5 Å². The number of carbonyl (C=O) groups is 2. The van der Waals surface area contributed by atoms with Gasteiger partial charge in [0.25, 0.3) is 11.8 Å². The Morgan fingerprint density at radius 3 is 2.05 bits per heavy atom. The van der Waals surface area contributed by atoms with E-state index < -0.39 is 34.7 Å². The molecular weight excluding hydrogens is 278 g/mol. The fourth-order valence-corrected chi connectivity index (χ4v) is 2.20. The molecule has 0 fully saturated rings. The number of hydrogen-bond donors (Lipinski definition) is 0. The molecule has 1 heterocycles. The average molecular weight is 284 g/mol. The third kappa shape index (κ3) is 1.79. The Bertz CT molecular complexity index is 805. The van der Waals surface area contributed by atoms with E-state index in [1.807, 2.05) is 0 Å². The maximum atomic E-state index is 14.0. The first kappa shape index (κ1) is 12.9. The molecule has 2 aromatic carbocycles. The van der Waals surface area contributed by atoms with Gasteiger partial charge in [-0.1, -0.05) is 12.1 Å². The van der Waals surface area contributed by atoms with Gasteiger partial charge in [-0.3, -0.25) is 9.59 Å². The molecule has 0 radical (unpaired) electrons. The van der Waals surface area contributed by atoms with Crippen LogP contribution in [0.1, 0.15) is 26.3 Å². The van der Waals surface area contributed by atoms with Gasteiger partial charge in [-0.2, -0.15) is 5.26 Å². The highest BCUT2D eigenvalue weighted by molar-refractivity contribution is 6.34. The Hall–Kier alpha value is -3.07. The maximum absolute atomic E-state index is 14.0. The van der Waals surface area contributed by atoms with Crippen molar-refractivity contribution in [1.29, 1.82) is 5.26 Å². The van der Waals surface area contributed by atoms with Crippen molar-refractivity contribution in [2.24, 2.45) is 0 Å². The summed E-state index contributed by atoms with van der Waals surface area (Å²) in [7, 11) is 0. The lowest BCUT2D eigenvalue weighted by Gasteiger charge is -2.15. The van der Waals surface area contributed by atoms with Gasteiger partial charge in [-0.15, -0.1) is 0 Å². The van der Waals surface area contributed by atoms with Crippen LogP contribution >= 0.6 is 0 Å². The smallest absolute Gasteiger partial charge is 0.266 e. The molecule has 0 N–H and O–H groups in total. The van der Waals surface area contributed by atoms with Crippen molar-refractivity contribution in [3.05, 3.63) is 64.7 Å². The number of anilines is 1. The van der Waals surface area contributed by atoms with Crippen LogP contribution in [0.4, 0.5) is 14.5 Å². The first-order valence-corrected chi connectivity index (χ1v) is 5.91. The maximum Gasteiger partial charge on any atom is 0.266 e. The molecule has 2 aromatic rings. The van der Waals surface area contributed by atoms with E-state index in [9.17, 15) is 18.4 Å². The minimum absolute atomic E-state index is 0.131. The number of benzene rings is 2. The number of fused-ring (bicyclic) bond motifs is 1. The Balaban J connectivity index is 2.16. The summed E-state index contributed by atoms with van der Waals surface area (Å²) < 4.78 is 27.6. The van der Waals surface area contributed by atoms with Crippen LogP contribution < -0.4 is 4.90 Å². The van der Waals surface area contributed by atoms with Gasteiger partial charge in [0.05, 0.1) is 22.4 Å². The van der Waals surface area contributed by atoms with Gasteiger partial charge < -0.3 is 0 Å². The average Bonchev–Trinajstić information content (AvgIpc) is 2.74. The second-order valence-corrected chi connectivity index (χ2v) is 4.39. The highest BCUT2D eigenvalue weighted by Crippen LogP contribution is 2.31. The molecule has 21 heavy (non-hydrogen) atoms. The van der Waals surface area contributed by atoms with Crippen molar-refractivity contribution < 1.29 is 18.4 Å². The van der Waals surface area contributed by atoms with Crippen LogP contribution in [0.3, 0.4) is 0 Å². The third-order valence-corrected chi connectivity index (χ3v) is 3.19. The van der Waals surface area contributed by atoms with Crippen molar-refractivity contribution in [2.75, 3.05) is 4.90 Å². The summed E-state index contributed by atoms with van der Waals surface area (Å²) in [6, 6.07) is 8.85. The Morgan fingerprint density at radius 1 is 0.952 bits per heavy atom. The SMILES string of the molecule is N#Cc1cc(F)c(N2C(=O)c3ccccc3C2=O)cc1F. The van der Waals surface area contributed by atoms with Crippen LogP contribution in [0.2, 0.25) is 0 Å². The molecule has 0 atom stereocenters. The van der Waals surface area contributed by atoms with Gasteiger partial charge >= 0.3 is 0 Å². The second-order valence-electron chi connectivity index (χ2n) is 4.39. The fraction of sp³-hybridized carbons (Fsp3) is 0. The fourth-order valence-electron chi connectivity index (χ4n) is 2.20. The monoisotopic (exact) mass is 284 g/mol. The number of imide groups is 1. The highest BCUT2D eigenvalue weighted by Gasteiger charge is 2.38. The molecule has 2 amide bonds. The molecule has 0 spiro atoms. The molecule has 0 aliphatic carbocycles. The number of hydrogen-bond acceptors (Lipinski definition) is 3. The third-order valence-electron chi connectivity index (χ3n) is 3.19. The zero-order valence-electron chi connectivity index (χ0n) is 10.4. The molecule has 4 nitrogen and oxygen atoms in total. The lowest BCUT2D eigenvalue weighted by molar-refractivity contribution is 0.0925. The summed E-state index contributed by atoms with van der Waals surface area (Å²) in [4.78, 5) is 24.9. The summed E-state index contributed by atoms with van der Waals surface area (Å²) in [6.07, 6.45) is 0. The topological polar surface area (TPSA) is 61.2 Å². The van der Waals surface area contributed by atoms with Gasteiger partial charge in [-0.05, 0) is 18.2 Å². The largest absolute Gasteiger partial charge is 0.268 e.